The van der Waals surface area contributed by atoms with Gasteiger partial charge in [-0.1, -0.05) is 0 Å². The van der Waals surface area contributed by atoms with E-state index in [0.717, 1.165) is 0 Å². The SMILES string of the molecule is CN(N)c1c(Br)cnn(C)c1=O. The van der Waals surface area contributed by atoms with Crippen molar-refractivity contribution < 1.29 is 0 Å². The molecule has 1 heterocycles. The first-order chi connectivity index (χ1) is 5.54. The predicted octanol–water partition coefficient (Wildman–Crippen LogP) is -0.147. The van der Waals surface area contributed by atoms with E-state index < -0.39 is 0 Å². The first-order valence-corrected chi connectivity index (χ1v) is 4.03. The molecule has 0 bridgehead atoms. The molecule has 0 aliphatic rings. The predicted molar refractivity (Wildman–Crippen MR) is 49.8 cm³/mol. The molecule has 0 atom stereocenters. The zero-order chi connectivity index (χ0) is 9.30. The minimum absolute atomic E-state index is 0.227. The van der Waals surface area contributed by atoms with Crippen LogP contribution >= 0.6 is 15.9 Å². The van der Waals surface area contributed by atoms with Crippen molar-refractivity contribution in [1.29, 1.82) is 0 Å². The van der Waals surface area contributed by atoms with E-state index in [0.29, 0.717) is 10.2 Å². The van der Waals surface area contributed by atoms with Gasteiger partial charge in [0.05, 0.1) is 10.7 Å². The number of hydrazine groups is 1. The Balaban J connectivity index is 3.44. The van der Waals surface area contributed by atoms with Crippen LogP contribution in [0.2, 0.25) is 0 Å². The van der Waals surface area contributed by atoms with Crippen LogP contribution in [0, 0.1) is 0 Å². The number of nitrogens with zero attached hydrogens (tertiary/aromatic N) is 3. The number of nitrogens with two attached hydrogens (primary N) is 1. The Hall–Kier alpha value is -0.880. The maximum absolute atomic E-state index is 11.4. The molecule has 1 rings (SSSR count). The lowest BCUT2D eigenvalue weighted by Crippen LogP contribution is -2.34. The fourth-order valence-electron chi connectivity index (χ4n) is 0.826. The molecule has 5 nitrogen and oxygen atoms in total. The zero-order valence-electron chi connectivity index (χ0n) is 6.78. The normalized spacial score (nSPS) is 10.0. The maximum Gasteiger partial charge on any atom is 0.292 e. The van der Waals surface area contributed by atoms with Gasteiger partial charge >= 0.3 is 0 Å². The highest BCUT2D eigenvalue weighted by molar-refractivity contribution is 9.10. The van der Waals surface area contributed by atoms with E-state index in [1.165, 1.54) is 15.9 Å². The summed E-state index contributed by atoms with van der Waals surface area (Å²) in [5, 5.41) is 5.05. The van der Waals surface area contributed by atoms with Crippen LogP contribution in [-0.2, 0) is 7.05 Å². The Kier molecular flexibility index (Phi) is 2.49. The Labute approximate surface area is 77.9 Å². The first kappa shape index (κ1) is 9.21. The molecule has 0 amide bonds. The lowest BCUT2D eigenvalue weighted by Gasteiger charge is -2.12. The van der Waals surface area contributed by atoms with E-state index in [9.17, 15) is 4.79 Å². The van der Waals surface area contributed by atoms with E-state index in [4.69, 9.17) is 5.84 Å². The molecule has 66 valence electrons. The summed E-state index contributed by atoms with van der Waals surface area (Å²) in [5.41, 5.74) is 0.168. The van der Waals surface area contributed by atoms with Crippen molar-refractivity contribution in [3.63, 3.8) is 0 Å². The van der Waals surface area contributed by atoms with Crippen molar-refractivity contribution in [3.8, 4) is 0 Å². The highest BCUT2D eigenvalue weighted by Crippen LogP contribution is 2.16. The van der Waals surface area contributed by atoms with Gasteiger partial charge in [0.25, 0.3) is 5.56 Å². The molecule has 2 N–H and O–H groups in total. The fourth-order valence-corrected chi connectivity index (χ4v) is 1.37. The minimum Gasteiger partial charge on any atom is -0.308 e. The van der Waals surface area contributed by atoms with Gasteiger partial charge in [-0.15, -0.1) is 0 Å². The summed E-state index contributed by atoms with van der Waals surface area (Å²) in [5.74, 6) is 5.45. The van der Waals surface area contributed by atoms with Crippen LogP contribution in [0.25, 0.3) is 0 Å². The molecular weight excluding hydrogens is 224 g/mol. The summed E-state index contributed by atoms with van der Waals surface area (Å²) in [7, 11) is 3.17. The van der Waals surface area contributed by atoms with E-state index in [2.05, 4.69) is 21.0 Å². The first-order valence-electron chi connectivity index (χ1n) is 3.24. The van der Waals surface area contributed by atoms with Crippen LogP contribution < -0.4 is 16.4 Å². The smallest absolute Gasteiger partial charge is 0.292 e. The number of aromatic nitrogens is 2. The van der Waals surface area contributed by atoms with Gasteiger partial charge < -0.3 is 5.01 Å². The highest BCUT2D eigenvalue weighted by atomic mass is 79.9. The monoisotopic (exact) mass is 232 g/mol. The fraction of sp³-hybridized carbons (Fsp3) is 0.333. The summed E-state index contributed by atoms with van der Waals surface area (Å²) in [4.78, 5) is 11.4. The average molecular weight is 233 g/mol. The van der Waals surface area contributed by atoms with Crippen molar-refractivity contribution in [2.75, 3.05) is 12.1 Å². The van der Waals surface area contributed by atoms with E-state index in [1.54, 1.807) is 14.1 Å². The highest BCUT2D eigenvalue weighted by Gasteiger charge is 2.09. The minimum atomic E-state index is -0.227. The van der Waals surface area contributed by atoms with Crippen molar-refractivity contribution in [1.82, 2.24) is 9.78 Å². The summed E-state index contributed by atoms with van der Waals surface area (Å²) in [6.07, 6.45) is 1.53. The number of hydrogen-bond acceptors (Lipinski definition) is 4. The molecule has 1 aromatic heterocycles. The third kappa shape index (κ3) is 1.49. The molecule has 0 aromatic carbocycles. The Morgan fingerprint density at radius 1 is 1.75 bits per heavy atom. The molecule has 6 heteroatoms. The van der Waals surface area contributed by atoms with Gasteiger partial charge in [0.15, 0.2) is 0 Å². The molecule has 0 saturated heterocycles. The molecule has 0 spiro atoms. The van der Waals surface area contributed by atoms with Gasteiger partial charge in [-0.25, -0.2) is 10.5 Å². The Morgan fingerprint density at radius 2 is 2.33 bits per heavy atom. The number of halogens is 1. The summed E-state index contributed by atoms with van der Waals surface area (Å²) < 4.78 is 1.82. The van der Waals surface area contributed by atoms with E-state index >= 15 is 0 Å². The summed E-state index contributed by atoms with van der Waals surface area (Å²) >= 11 is 3.18. The van der Waals surface area contributed by atoms with Crippen molar-refractivity contribution in [3.05, 3.63) is 21.0 Å². The number of aryl methyl sites for hydroxylation is 1. The number of anilines is 1. The third-order valence-corrected chi connectivity index (χ3v) is 2.00. The Bertz CT molecular complexity index is 346. The van der Waals surface area contributed by atoms with Gasteiger partial charge in [0.1, 0.15) is 5.69 Å². The standard InChI is InChI=1S/C6H9BrN4O/c1-10(8)5-4(7)3-9-11(2)6(5)12/h3H,8H2,1-2H3. The largest absolute Gasteiger partial charge is 0.308 e. The molecule has 0 unspecified atom stereocenters. The summed E-state index contributed by atoms with van der Waals surface area (Å²) in [6, 6.07) is 0. The molecule has 0 fully saturated rings. The van der Waals surface area contributed by atoms with Crippen molar-refractivity contribution in [2.24, 2.45) is 12.9 Å². The van der Waals surface area contributed by atoms with E-state index in [-0.39, 0.29) is 5.56 Å². The number of rotatable bonds is 1. The van der Waals surface area contributed by atoms with Crippen LogP contribution in [-0.4, -0.2) is 16.8 Å². The quantitative estimate of drug-likeness (QED) is 0.541. The maximum atomic E-state index is 11.4. The topological polar surface area (TPSA) is 64.2 Å². The molecule has 0 aliphatic heterocycles. The lowest BCUT2D eigenvalue weighted by atomic mass is 10.4. The molecule has 12 heavy (non-hydrogen) atoms. The zero-order valence-corrected chi connectivity index (χ0v) is 8.37. The van der Waals surface area contributed by atoms with Crippen LogP contribution in [0.1, 0.15) is 0 Å². The van der Waals surface area contributed by atoms with Crippen LogP contribution in [0.3, 0.4) is 0 Å². The third-order valence-electron chi connectivity index (χ3n) is 1.42. The molecule has 1 aromatic rings. The summed E-state index contributed by atoms with van der Waals surface area (Å²) in [6.45, 7) is 0. The van der Waals surface area contributed by atoms with Gasteiger partial charge in [-0.3, -0.25) is 4.79 Å². The van der Waals surface area contributed by atoms with Gasteiger partial charge in [-0.05, 0) is 15.9 Å². The second-order valence-corrected chi connectivity index (χ2v) is 3.24. The lowest BCUT2D eigenvalue weighted by molar-refractivity contribution is 0.699. The number of hydrogen-bond donors (Lipinski definition) is 1. The molecular formula is C6H9BrN4O. The van der Waals surface area contributed by atoms with Gasteiger partial charge in [0.2, 0.25) is 0 Å². The van der Waals surface area contributed by atoms with Gasteiger partial charge in [-0.2, -0.15) is 5.10 Å². The van der Waals surface area contributed by atoms with Crippen LogP contribution in [0.4, 0.5) is 5.69 Å². The van der Waals surface area contributed by atoms with E-state index in [1.807, 2.05) is 0 Å². The average Bonchev–Trinajstić information content (AvgIpc) is 1.97. The second kappa shape index (κ2) is 3.24. The van der Waals surface area contributed by atoms with Crippen molar-refractivity contribution in [2.45, 2.75) is 0 Å². The van der Waals surface area contributed by atoms with Crippen LogP contribution in [0.15, 0.2) is 15.5 Å². The van der Waals surface area contributed by atoms with Crippen molar-refractivity contribution >= 4 is 21.6 Å². The van der Waals surface area contributed by atoms with Gasteiger partial charge in [0, 0.05) is 14.1 Å². The van der Waals surface area contributed by atoms with Crippen LogP contribution in [0.5, 0.6) is 0 Å². The molecule has 0 saturated carbocycles. The molecule has 0 aliphatic carbocycles. The second-order valence-electron chi connectivity index (χ2n) is 2.38. The Morgan fingerprint density at radius 3 is 2.75 bits per heavy atom. The molecule has 0 radical (unpaired) electrons.